The van der Waals surface area contributed by atoms with Gasteiger partial charge in [0.1, 0.15) is 5.82 Å². The maximum absolute atomic E-state index is 13.0. The quantitative estimate of drug-likeness (QED) is 0.652. The molecule has 0 saturated carbocycles. The second-order valence-electron chi connectivity index (χ2n) is 4.00. The summed E-state index contributed by atoms with van der Waals surface area (Å²) >= 11 is 0. The van der Waals surface area contributed by atoms with Gasteiger partial charge in [-0.25, -0.2) is 4.39 Å². The van der Waals surface area contributed by atoms with Crippen LogP contribution < -0.4 is 5.73 Å². The fraction of sp³-hybridized carbons (Fsp3) is 0.333. The molecule has 0 heterocycles. The molecule has 1 nitrogen and oxygen atoms in total. The highest BCUT2D eigenvalue weighted by molar-refractivity contribution is 5.85. The molecule has 0 aliphatic heterocycles. The van der Waals surface area contributed by atoms with E-state index < -0.39 is 23.6 Å². The highest BCUT2D eigenvalue weighted by Gasteiger charge is 2.34. The summed E-state index contributed by atoms with van der Waals surface area (Å²) < 4.78 is 50.4. The van der Waals surface area contributed by atoms with Crippen LogP contribution in [0.25, 0.3) is 0 Å². The number of hydrogen-bond donors (Lipinski definition) is 1. The highest BCUT2D eigenvalue weighted by Crippen LogP contribution is 2.33. The van der Waals surface area contributed by atoms with Crippen LogP contribution in [0, 0.1) is 5.82 Å². The summed E-state index contributed by atoms with van der Waals surface area (Å²) in [5.41, 5.74) is 5.43. The molecular formula is C12H14ClF4N. The Balaban J connectivity index is 0.00000289. The first kappa shape index (κ1) is 16.9. The zero-order valence-electron chi connectivity index (χ0n) is 9.72. The summed E-state index contributed by atoms with van der Waals surface area (Å²) in [6.45, 7) is 5.36. The van der Waals surface area contributed by atoms with Crippen molar-refractivity contribution in [1.82, 2.24) is 0 Å². The third-order valence-corrected chi connectivity index (χ3v) is 2.29. The summed E-state index contributed by atoms with van der Waals surface area (Å²) in [5, 5.41) is 0. The minimum atomic E-state index is -4.71. The summed E-state index contributed by atoms with van der Waals surface area (Å²) in [6.07, 6.45) is -4.34. The molecule has 0 aliphatic carbocycles. The number of benzene rings is 1. The van der Waals surface area contributed by atoms with Gasteiger partial charge in [0.2, 0.25) is 0 Å². The maximum atomic E-state index is 13.0. The molecule has 2 N–H and O–H groups in total. The van der Waals surface area contributed by atoms with E-state index in [2.05, 4.69) is 6.58 Å². The molecule has 1 aromatic carbocycles. The van der Waals surface area contributed by atoms with Crippen molar-refractivity contribution in [3.8, 4) is 0 Å². The molecule has 0 fully saturated rings. The molecule has 0 radical (unpaired) electrons. The molecule has 18 heavy (non-hydrogen) atoms. The Morgan fingerprint density at radius 2 is 1.94 bits per heavy atom. The lowest BCUT2D eigenvalue weighted by Gasteiger charge is -2.15. The van der Waals surface area contributed by atoms with Crippen molar-refractivity contribution in [2.75, 3.05) is 0 Å². The first-order valence-electron chi connectivity index (χ1n) is 4.98. The molecule has 1 aromatic rings. The minimum absolute atomic E-state index is 0. The summed E-state index contributed by atoms with van der Waals surface area (Å²) in [6, 6.07) is 2.20. The van der Waals surface area contributed by atoms with Crippen LogP contribution >= 0.6 is 12.4 Å². The minimum Gasteiger partial charge on any atom is -0.324 e. The van der Waals surface area contributed by atoms with Crippen molar-refractivity contribution >= 4 is 12.4 Å². The van der Waals surface area contributed by atoms with Crippen LogP contribution in [0.3, 0.4) is 0 Å². The monoisotopic (exact) mass is 283 g/mol. The van der Waals surface area contributed by atoms with E-state index >= 15 is 0 Å². The summed E-state index contributed by atoms with van der Waals surface area (Å²) in [7, 11) is 0. The maximum Gasteiger partial charge on any atom is 0.419 e. The van der Waals surface area contributed by atoms with Crippen LogP contribution in [-0.2, 0) is 6.18 Å². The van der Waals surface area contributed by atoms with Gasteiger partial charge in [0.15, 0.2) is 0 Å². The predicted molar refractivity (Wildman–Crippen MR) is 65.0 cm³/mol. The Bertz CT molecular complexity index is 429. The zero-order valence-corrected chi connectivity index (χ0v) is 10.5. The second-order valence-corrected chi connectivity index (χ2v) is 4.00. The summed E-state index contributed by atoms with van der Waals surface area (Å²) in [5.74, 6) is -1.29. The predicted octanol–water partition coefficient (Wildman–Crippen LogP) is 4.23. The van der Waals surface area contributed by atoms with Crippen molar-refractivity contribution in [1.29, 1.82) is 0 Å². The SMILES string of the molecule is C=C(C)C[C@@H](N)c1ccc(F)c(C(F)(F)F)c1.Cl. The molecule has 1 rings (SSSR count). The third-order valence-electron chi connectivity index (χ3n) is 2.29. The Labute approximate surface area is 109 Å². The van der Waals surface area contributed by atoms with Gasteiger partial charge in [0, 0.05) is 6.04 Å². The van der Waals surface area contributed by atoms with Gasteiger partial charge >= 0.3 is 6.18 Å². The average molecular weight is 284 g/mol. The molecule has 1 atom stereocenters. The Morgan fingerprint density at radius 1 is 1.39 bits per heavy atom. The average Bonchev–Trinajstić information content (AvgIpc) is 2.15. The molecule has 6 heteroatoms. The molecule has 102 valence electrons. The van der Waals surface area contributed by atoms with Gasteiger partial charge < -0.3 is 5.73 Å². The van der Waals surface area contributed by atoms with Crippen LogP contribution in [0.15, 0.2) is 30.4 Å². The normalized spacial score (nSPS) is 12.8. The topological polar surface area (TPSA) is 26.0 Å². The van der Waals surface area contributed by atoms with E-state index in [4.69, 9.17) is 5.73 Å². The molecule has 0 bridgehead atoms. The van der Waals surface area contributed by atoms with E-state index in [-0.39, 0.29) is 18.0 Å². The zero-order chi connectivity index (χ0) is 13.2. The smallest absolute Gasteiger partial charge is 0.324 e. The Morgan fingerprint density at radius 3 is 2.39 bits per heavy atom. The lowest BCUT2D eigenvalue weighted by molar-refractivity contribution is -0.140. The van der Waals surface area contributed by atoms with E-state index in [1.165, 1.54) is 6.07 Å². The van der Waals surface area contributed by atoms with Gasteiger partial charge in [-0.1, -0.05) is 11.6 Å². The van der Waals surface area contributed by atoms with E-state index in [1.807, 2.05) is 0 Å². The van der Waals surface area contributed by atoms with Crippen molar-refractivity contribution in [3.05, 3.63) is 47.3 Å². The second kappa shape index (κ2) is 6.20. The van der Waals surface area contributed by atoms with E-state index in [9.17, 15) is 17.6 Å². The summed E-state index contributed by atoms with van der Waals surface area (Å²) in [4.78, 5) is 0. The fourth-order valence-electron chi connectivity index (χ4n) is 1.48. The van der Waals surface area contributed by atoms with Crippen LogP contribution in [0.5, 0.6) is 0 Å². The first-order valence-corrected chi connectivity index (χ1v) is 4.98. The van der Waals surface area contributed by atoms with Crippen molar-refractivity contribution in [3.63, 3.8) is 0 Å². The van der Waals surface area contributed by atoms with Crippen LogP contribution in [0.1, 0.15) is 30.5 Å². The molecule has 0 aliphatic rings. The van der Waals surface area contributed by atoms with E-state index in [1.54, 1.807) is 6.92 Å². The standard InChI is InChI=1S/C12H13F4N.ClH/c1-7(2)5-11(17)8-3-4-10(13)9(6-8)12(14,15)16;/h3-4,6,11H,1,5,17H2,2H3;1H/t11-;/m1./s1. The Kier molecular flexibility index (Phi) is 5.83. The Hall–Kier alpha value is -1.07. The number of nitrogens with two attached hydrogens (primary N) is 1. The number of halogens is 5. The third kappa shape index (κ3) is 4.31. The van der Waals surface area contributed by atoms with E-state index in [0.29, 0.717) is 6.42 Å². The number of hydrogen-bond acceptors (Lipinski definition) is 1. The van der Waals surface area contributed by atoms with E-state index in [0.717, 1.165) is 17.7 Å². The van der Waals surface area contributed by atoms with Crippen LogP contribution in [-0.4, -0.2) is 0 Å². The number of rotatable bonds is 3. The molecule has 0 amide bonds. The largest absolute Gasteiger partial charge is 0.419 e. The molecule has 0 aromatic heterocycles. The van der Waals surface area contributed by atoms with Gasteiger partial charge in [-0.2, -0.15) is 13.2 Å². The van der Waals surface area contributed by atoms with Gasteiger partial charge in [-0.15, -0.1) is 19.0 Å². The van der Waals surface area contributed by atoms with Crippen molar-refractivity contribution in [2.24, 2.45) is 5.73 Å². The first-order chi connectivity index (χ1) is 7.71. The molecule has 0 spiro atoms. The van der Waals surface area contributed by atoms with Gasteiger partial charge in [-0.3, -0.25) is 0 Å². The fourth-order valence-corrected chi connectivity index (χ4v) is 1.48. The number of alkyl halides is 3. The van der Waals surface area contributed by atoms with Crippen molar-refractivity contribution in [2.45, 2.75) is 25.6 Å². The lowest BCUT2D eigenvalue weighted by atomic mass is 9.99. The van der Waals surface area contributed by atoms with Crippen LogP contribution in [0.4, 0.5) is 17.6 Å². The molecule has 0 unspecified atom stereocenters. The van der Waals surface area contributed by atoms with Gasteiger partial charge in [-0.05, 0) is 31.0 Å². The van der Waals surface area contributed by atoms with Gasteiger partial charge in [0.25, 0.3) is 0 Å². The van der Waals surface area contributed by atoms with Gasteiger partial charge in [0.05, 0.1) is 5.56 Å². The van der Waals surface area contributed by atoms with Crippen LogP contribution in [0.2, 0.25) is 0 Å². The van der Waals surface area contributed by atoms with Crippen molar-refractivity contribution < 1.29 is 17.6 Å². The lowest BCUT2D eigenvalue weighted by Crippen LogP contribution is -2.14. The molecular weight excluding hydrogens is 270 g/mol. The molecule has 0 saturated heterocycles. The highest BCUT2D eigenvalue weighted by atomic mass is 35.5.